The second-order valence-corrected chi connectivity index (χ2v) is 10.1. The Kier molecular flexibility index (Phi) is 11.4. The van der Waals surface area contributed by atoms with Crippen molar-refractivity contribution in [2.45, 2.75) is 15.8 Å². The number of rotatable bonds is 13. The molecule has 0 amide bonds. The van der Waals surface area contributed by atoms with Gasteiger partial charge in [-0.25, -0.2) is 4.99 Å². The van der Waals surface area contributed by atoms with E-state index in [0.29, 0.717) is 33.0 Å². The zero-order valence-corrected chi connectivity index (χ0v) is 23.1. The summed E-state index contributed by atoms with van der Waals surface area (Å²) in [4.78, 5) is 23.9. The highest BCUT2D eigenvalue weighted by molar-refractivity contribution is 7.99. The number of amidine groups is 1. The van der Waals surface area contributed by atoms with Crippen LogP contribution in [0.4, 0.5) is 5.69 Å². The van der Waals surface area contributed by atoms with Crippen LogP contribution in [0.25, 0.3) is 0 Å². The number of hydrogen-bond acceptors (Lipinski definition) is 10. The predicted octanol–water partition coefficient (Wildman–Crippen LogP) is 2.66. The molecule has 38 heavy (non-hydrogen) atoms. The van der Waals surface area contributed by atoms with Crippen molar-refractivity contribution < 1.29 is 23.7 Å². The number of nitrogens with one attached hydrogen (secondary N) is 1. The maximum Gasteiger partial charge on any atom is 0.325 e. The van der Waals surface area contributed by atoms with E-state index in [9.17, 15) is 4.79 Å². The molecule has 0 saturated carbocycles. The van der Waals surface area contributed by atoms with Crippen LogP contribution in [0.15, 0.2) is 63.3 Å². The molecule has 2 aliphatic rings. The van der Waals surface area contributed by atoms with E-state index in [1.54, 1.807) is 18.8 Å². The number of carbonyl (C=O) groups is 1. The molecule has 1 atom stereocenters. The van der Waals surface area contributed by atoms with Gasteiger partial charge in [-0.3, -0.25) is 9.69 Å². The van der Waals surface area contributed by atoms with Crippen LogP contribution in [0, 0.1) is 0 Å². The van der Waals surface area contributed by atoms with E-state index in [-0.39, 0.29) is 12.6 Å². The molecule has 2 aromatic carbocycles. The van der Waals surface area contributed by atoms with Crippen LogP contribution in [0.1, 0.15) is 5.56 Å². The molecule has 0 spiro atoms. The topological polar surface area (TPSA) is 84.9 Å². The third-order valence-electron chi connectivity index (χ3n) is 6.53. The molecule has 1 saturated heterocycles. The van der Waals surface area contributed by atoms with Crippen molar-refractivity contribution in [3.8, 4) is 0 Å². The lowest BCUT2D eigenvalue weighted by Crippen LogP contribution is -2.49. The van der Waals surface area contributed by atoms with Gasteiger partial charge in [0.25, 0.3) is 0 Å². The molecular formula is C28H38N4O5S. The summed E-state index contributed by atoms with van der Waals surface area (Å²) in [6.45, 7) is 7.60. The number of piperazine rings is 1. The van der Waals surface area contributed by atoms with E-state index in [1.807, 2.05) is 0 Å². The highest BCUT2D eigenvalue weighted by Crippen LogP contribution is 2.40. The normalized spacial score (nSPS) is 16.3. The van der Waals surface area contributed by atoms with Crippen LogP contribution in [0.5, 0.6) is 0 Å². The molecular weight excluding hydrogens is 504 g/mol. The summed E-state index contributed by atoms with van der Waals surface area (Å²) in [5.41, 5.74) is 2.25. The largest absolute Gasteiger partial charge is 0.468 e. The molecule has 2 heterocycles. The Labute approximate surface area is 229 Å². The van der Waals surface area contributed by atoms with Crippen LogP contribution in [0.3, 0.4) is 0 Å². The van der Waals surface area contributed by atoms with Crippen LogP contribution < -0.4 is 5.32 Å². The summed E-state index contributed by atoms with van der Waals surface area (Å²) >= 11 is 1.79. The van der Waals surface area contributed by atoms with Crippen LogP contribution in [-0.2, 0) is 23.7 Å². The fourth-order valence-electron chi connectivity index (χ4n) is 4.34. The lowest BCUT2D eigenvalue weighted by Gasteiger charge is -2.36. The highest BCUT2D eigenvalue weighted by atomic mass is 32.2. The number of hydrogen-bond donors (Lipinski definition) is 1. The number of carbonyl (C=O) groups excluding carboxylic acids is 1. The summed E-state index contributed by atoms with van der Waals surface area (Å²) < 4.78 is 21.5. The summed E-state index contributed by atoms with van der Waals surface area (Å²) in [5, 5.41) is 2.86. The van der Waals surface area contributed by atoms with Gasteiger partial charge in [-0.05, 0) is 25.2 Å². The Bertz CT molecular complexity index is 1060. The lowest BCUT2D eigenvalue weighted by atomic mass is 10.1. The zero-order chi connectivity index (χ0) is 26.6. The van der Waals surface area contributed by atoms with E-state index in [2.05, 4.69) is 63.6 Å². The zero-order valence-electron chi connectivity index (χ0n) is 22.3. The molecule has 10 heteroatoms. The number of benzene rings is 2. The van der Waals surface area contributed by atoms with Crippen molar-refractivity contribution in [1.82, 2.24) is 15.1 Å². The maximum absolute atomic E-state index is 11.5. The first kappa shape index (κ1) is 28.5. The van der Waals surface area contributed by atoms with Crippen molar-refractivity contribution in [2.75, 3.05) is 86.5 Å². The molecule has 1 unspecified atom stereocenters. The lowest BCUT2D eigenvalue weighted by molar-refractivity contribution is -0.144. The molecule has 0 aromatic heterocycles. The van der Waals surface area contributed by atoms with Gasteiger partial charge in [-0.1, -0.05) is 42.1 Å². The highest BCUT2D eigenvalue weighted by Gasteiger charge is 2.25. The number of fused-ring (bicyclic) bond motifs is 2. The Hall–Kier alpha value is -2.47. The second-order valence-electron chi connectivity index (χ2n) is 8.99. The minimum absolute atomic E-state index is 0.252. The van der Waals surface area contributed by atoms with Gasteiger partial charge < -0.3 is 29.2 Å². The molecule has 4 rings (SSSR count). The molecule has 0 radical (unpaired) electrons. The van der Waals surface area contributed by atoms with Crippen LogP contribution >= 0.6 is 11.8 Å². The van der Waals surface area contributed by atoms with E-state index < -0.39 is 6.04 Å². The SMILES string of the molecule is CNC(COCCOCCOCCN1CCN(C2=Nc3ccccc3Sc3ccccc32)CC1)C(=O)OC. The Balaban J connectivity index is 1.12. The minimum Gasteiger partial charge on any atom is -0.468 e. The standard InChI is InChI=1S/C28H38N4O5S/c1-29-24(28(33)34-2)21-37-20-19-36-18-17-35-16-15-31-11-13-32(14-12-31)27-22-7-3-5-9-25(22)38-26-10-6-4-8-23(26)30-27/h3-10,24,29H,11-21H2,1-2H3. The van der Waals surface area contributed by atoms with E-state index in [4.69, 9.17) is 23.9 Å². The Morgan fingerprint density at radius 1 is 0.921 bits per heavy atom. The molecule has 2 aromatic rings. The first-order valence-corrected chi connectivity index (χ1v) is 13.9. The van der Waals surface area contributed by atoms with Crippen molar-refractivity contribution in [3.63, 3.8) is 0 Å². The Morgan fingerprint density at radius 2 is 1.58 bits per heavy atom. The van der Waals surface area contributed by atoms with Gasteiger partial charge in [-0.2, -0.15) is 0 Å². The quantitative estimate of drug-likeness (QED) is 0.303. The van der Waals surface area contributed by atoms with Crippen molar-refractivity contribution in [1.29, 1.82) is 0 Å². The van der Waals surface area contributed by atoms with Gasteiger partial charge in [-0.15, -0.1) is 0 Å². The minimum atomic E-state index is -0.461. The third-order valence-corrected chi connectivity index (χ3v) is 7.67. The number of ether oxygens (including phenoxy) is 4. The van der Waals surface area contributed by atoms with Crippen molar-refractivity contribution in [3.05, 3.63) is 54.1 Å². The summed E-state index contributed by atoms with van der Waals surface area (Å²) in [7, 11) is 3.06. The monoisotopic (exact) mass is 542 g/mol. The van der Waals surface area contributed by atoms with E-state index in [0.717, 1.165) is 44.2 Å². The van der Waals surface area contributed by atoms with Gasteiger partial charge in [0.2, 0.25) is 0 Å². The van der Waals surface area contributed by atoms with Gasteiger partial charge in [0.1, 0.15) is 11.9 Å². The van der Waals surface area contributed by atoms with E-state index >= 15 is 0 Å². The predicted molar refractivity (Wildman–Crippen MR) is 149 cm³/mol. The number of para-hydroxylation sites is 1. The first-order chi connectivity index (χ1) is 18.7. The molecule has 1 fully saturated rings. The summed E-state index contributed by atoms with van der Waals surface area (Å²) in [6.07, 6.45) is 0. The van der Waals surface area contributed by atoms with Crippen molar-refractivity contribution >= 4 is 29.3 Å². The fraction of sp³-hybridized carbons (Fsp3) is 0.500. The molecule has 0 bridgehead atoms. The third kappa shape index (κ3) is 8.02. The smallest absolute Gasteiger partial charge is 0.325 e. The fourth-order valence-corrected chi connectivity index (χ4v) is 5.36. The van der Waals surface area contributed by atoms with Crippen LogP contribution in [0.2, 0.25) is 0 Å². The molecule has 0 aliphatic carbocycles. The average molecular weight is 543 g/mol. The average Bonchev–Trinajstić information content (AvgIpc) is 3.13. The van der Waals surface area contributed by atoms with E-state index in [1.165, 1.54) is 22.5 Å². The second kappa shape index (κ2) is 15.2. The Morgan fingerprint density at radius 3 is 2.32 bits per heavy atom. The van der Waals surface area contributed by atoms with Crippen molar-refractivity contribution in [2.24, 2.45) is 4.99 Å². The number of methoxy groups -OCH3 is 1. The summed E-state index contributed by atoms with van der Waals surface area (Å²) in [6, 6.07) is 16.5. The summed E-state index contributed by atoms with van der Waals surface area (Å²) in [5.74, 6) is 0.735. The molecule has 1 N–H and O–H groups in total. The van der Waals surface area contributed by atoms with Gasteiger partial charge in [0.15, 0.2) is 0 Å². The maximum atomic E-state index is 11.5. The number of nitrogens with zero attached hydrogens (tertiary/aromatic N) is 3. The molecule has 9 nitrogen and oxygen atoms in total. The molecule has 2 aliphatic heterocycles. The van der Waals surface area contributed by atoms with Gasteiger partial charge in [0.05, 0.1) is 52.4 Å². The molecule has 206 valence electrons. The number of likely N-dealkylation sites (N-methyl/N-ethyl adjacent to an activating group) is 1. The number of aliphatic imine (C=N–C) groups is 1. The van der Waals surface area contributed by atoms with Gasteiger partial charge in [0, 0.05) is 48.1 Å². The van der Waals surface area contributed by atoms with Gasteiger partial charge >= 0.3 is 5.97 Å². The van der Waals surface area contributed by atoms with Crippen LogP contribution in [-0.4, -0.2) is 114 Å². The first-order valence-electron chi connectivity index (χ1n) is 13.1. The number of esters is 1.